The number of thiazole rings is 1. The van der Waals surface area contributed by atoms with Crippen LogP contribution < -0.4 is 10.6 Å². The van der Waals surface area contributed by atoms with Gasteiger partial charge in [-0.25, -0.2) is 9.78 Å². The molecule has 2 atom stereocenters. The van der Waals surface area contributed by atoms with Gasteiger partial charge in [-0.2, -0.15) is 0 Å². The van der Waals surface area contributed by atoms with Crippen LogP contribution in [0.4, 0.5) is 0 Å². The highest BCUT2D eigenvalue weighted by Gasteiger charge is 2.40. The number of aromatic nitrogens is 1. The molecule has 1 amide bonds. The fourth-order valence-electron chi connectivity index (χ4n) is 2.74. The SMILES string of the molecule is CCCC1(C(=O)NC(C)c2nc(C(=O)O)cs2)CCNC1. The maximum Gasteiger partial charge on any atom is 0.355 e. The molecule has 2 heterocycles. The first-order valence-corrected chi connectivity index (χ1v) is 8.07. The molecular weight excluding hydrogens is 290 g/mol. The van der Waals surface area contributed by atoms with Gasteiger partial charge in [0.05, 0.1) is 11.5 Å². The highest BCUT2D eigenvalue weighted by molar-refractivity contribution is 7.09. The highest BCUT2D eigenvalue weighted by Crippen LogP contribution is 2.32. The summed E-state index contributed by atoms with van der Waals surface area (Å²) in [5.74, 6) is -1.01. The van der Waals surface area contributed by atoms with Crippen molar-refractivity contribution in [3.63, 3.8) is 0 Å². The lowest BCUT2D eigenvalue weighted by molar-refractivity contribution is -0.131. The number of nitrogens with one attached hydrogen (secondary N) is 2. The summed E-state index contributed by atoms with van der Waals surface area (Å²) in [5.41, 5.74) is -0.308. The number of hydrogen-bond donors (Lipinski definition) is 3. The lowest BCUT2D eigenvalue weighted by atomic mass is 9.81. The quantitative estimate of drug-likeness (QED) is 0.745. The summed E-state index contributed by atoms with van der Waals surface area (Å²) in [6.45, 7) is 5.49. The number of hydrogen-bond acceptors (Lipinski definition) is 5. The summed E-state index contributed by atoms with van der Waals surface area (Å²) < 4.78 is 0. The Balaban J connectivity index is 2.05. The third-order valence-electron chi connectivity index (χ3n) is 3.91. The first kappa shape index (κ1) is 15.9. The molecule has 0 aromatic carbocycles. The first-order chi connectivity index (χ1) is 9.98. The Morgan fingerprint density at radius 1 is 1.62 bits per heavy atom. The molecule has 1 fully saturated rings. The fourth-order valence-corrected chi connectivity index (χ4v) is 3.54. The van der Waals surface area contributed by atoms with Crippen LogP contribution >= 0.6 is 11.3 Å². The zero-order chi connectivity index (χ0) is 15.5. The summed E-state index contributed by atoms with van der Waals surface area (Å²) in [5, 5.41) is 17.3. The van der Waals surface area contributed by atoms with Gasteiger partial charge < -0.3 is 15.7 Å². The molecule has 1 aromatic heterocycles. The monoisotopic (exact) mass is 311 g/mol. The summed E-state index contributed by atoms with van der Waals surface area (Å²) in [6.07, 6.45) is 2.67. The van der Waals surface area contributed by atoms with Gasteiger partial charge in [0.2, 0.25) is 5.91 Å². The minimum atomic E-state index is -1.04. The van der Waals surface area contributed by atoms with Crippen LogP contribution in [0.25, 0.3) is 0 Å². The summed E-state index contributed by atoms with van der Waals surface area (Å²) in [7, 11) is 0. The second-order valence-corrected chi connectivity index (χ2v) is 6.42. The van der Waals surface area contributed by atoms with E-state index in [-0.39, 0.29) is 23.1 Å². The third-order valence-corrected chi connectivity index (χ3v) is 4.94. The second-order valence-electron chi connectivity index (χ2n) is 5.53. The van der Waals surface area contributed by atoms with Gasteiger partial charge in [0.1, 0.15) is 5.01 Å². The van der Waals surface area contributed by atoms with Gasteiger partial charge in [-0.1, -0.05) is 13.3 Å². The molecule has 1 aliphatic heterocycles. The molecule has 1 saturated heterocycles. The van der Waals surface area contributed by atoms with Crippen molar-refractivity contribution in [1.82, 2.24) is 15.6 Å². The first-order valence-electron chi connectivity index (χ1n) is 7.19. The molecule has 7 heteroatoms. The van der Waals surface area contributed by atoms with Gasteiger partial charge in [-0.3, -0.25) is 4.79 Å². The van der Waals surface area contributed by atoms with Crippen LogP contribution in [0.3, 0.4) is 0 Å². The molecule has 0 saturated carbocycles. The largest absolute Gasteiger partial charge is 0.476 e. The van der Waals surface area contributed by atoms with Crippen LogP contribution in [-0.4, -0.2) is 35.1 Å². The Morgan fingerprint density at radius 3 is 2.90 bits per heavy atom. The van der Waals surface area contributed by atoms with E-state index in [2.05, 4.69) is 22.5 Å². The Hall–Kier alpha value is -1.47. The normalized spacial score (nSPS) is 23.0. The number of nitrogens with zero attached hydrogens (tertiary/aromatic N) is 1. The third kappa shape index (κ3) is 3.41. The van der Waals surface area contributed by atoms with Crippen LogP contribution in [0.2, 0.25) is 0 Å². The molecule has 3 N–H and O–H groups in total. The standard InChI is InChI=1S/C14H21N3O3S/c1-3-4-14(5-6-15-8-14)13(20)16-9(2)11-17-10(7-21-11)12(18)19/h7,9,15H,3-6,8H2,1-2H3,(H,16,20)(H,18,19). The topological polar surface area (TPSA) is 91.3 Å². The molecule has 21 heavy (non-hydrogen) atoms. The Morgan fingerprint density at radius 2 is 2.38 bits per heavy atom. The van der Waals surface area contributed by atoms with Crippen LogP contribution in [0, 0.1) is 5.41 Å². The zero-order valence-corrected chi connectivity index (χ0v) is 13.1. The molecule has 0 spiro atoms. The molecule has 2 rings (SSSR count). The van der Waals surface area contributed by atoms with Crippen LogP contribution in [0.15, 0.2) is 5.38 Å². The summed E-state index contributed by atoms with van der Waals surface area (Å²) >= 11 is 1.26. The number of carboxylic acids is 1. The second kappa shape index (κ2) is 6.53. The zero-order valence-electron chi connectivity index (χ0n) is 12.3. The number of amides is 1. The minimum Gasteiger partial charge on any atom is -0.476 e. The number of carbonyl (C=O) groups is 2. The molecule has 116 valence electrons. The Kier molecular flexibility index (Phi) is 4.95. The van der Waals surface area contributed by atoms with E-state index in [1.807, 2.05) is 6.92 Å². The molecule has 2 unspecified atom stereocenters. The van der Waals surface area contributed by atoms with E-state index in [9.17, 15) is 9.59 Å². The van der Waals surface area contributed by atoms with Gasteiger partial charge in [-0.15, -0.1) is 11.3 Å². The van der Waals surface area contributed by atoms with E-state index in [4.69, 9.17) is 5.11 Å². The minimum absolute atomic E-state index is 0.0295. The predicted octanol–water partition coefficient (Wildman–Crippen LogP) is 1.80. The molecule has 0 radical (unpaired) electrons. The van der Waals surface area contributed by atoms with Crippen LogP contribution in [0.1, 0.15) is 54.6 Å². The van der Waals surface area contributed by atoms with Crippen LogP contribution in [-0.2, 0) is 4.79 Å². The van der Waals surface area contributed by atoms with E-state index in [0.29, 0.717) is 11.6 Å². The Bertz CT molecular complexity index is 523. The van der Waals surface area contributed by atoms with Gasteiger partial charge in [-0.05, 0) is 26.3 Å². The highest BCUT2D eigenvalue weighted by atomic mass is 32.1. The van der Waals surface area contributed by atoms with Crippen molar-refractivity contribution in [2.75, 3.05) is 13.1 Å². The van der Waals surface area contributed by atoms with Crippen molar-refractivity contribution in [3.05, 3.63) is 16.1 Å². The lowest BCUT2D eigenvalue weighted by Gasteiger charge is -2.28. The van der Waals surface area contributed by atoms with Crippen molar-refractivity contribution in [2.45, 2.75) is 39.2 Å². The van der Waals surface area contributed by atoms with E-state index in [0.717, 1.165) is 25.8 Å². The average molecular weight is 311 g/mol. The summed E-state index contributed by atoms with van der Waals surface area (Å²) in [6, 6.07) is -0.273. The van der Waals surface area contributed by atoms with Crippen molar-refractivity contribution >= 4 is 23.2 Å². The van der Waals surface area contributed by atoms with Crippen molar-refractivity contribution in [2.24, 2.45) is 5.41 Å². The van der Waals surface area contributed by atoms with Crippen molar-refractivity contribution in [3.8, 4) is 0 Å². The summed E-state index contributed by atoms with van der Waals surface area (Å²) in [4.78, 5) is 27.5. The van der Waals surface area contributed by atoms with Gasteiger partial charge in [0.25, 0.3) is 0 Å². The molecule has 0 bridgehead atoms. The maximum absolute atomic E-state index is 12.6. The van der Waals surface area contributed by atoms with E-state index in [1.54, 1.807) is 0 Å². The molecule has 6 nitrogen and oxygen atoms in total. The molecule has 1 aromatic rings. The number of aromatic carboxylic acids is 1. The van der Waals surface area contributed by atoms with Gasteiger partial charge in [0.15, 0.2) is 5.69 Å². The van der Waals surface area contributed by atoms with Gasteiger partial charge >= 0.3 is 5.97 Å². The molecule has 0 aliphatic carbocycles. The number of rotatable bonds is 6. The van der Waals surface area contributed by atoms with E-state index >= 15 is 0 Å². The predicted molar refractivity (Wildman–Crippen MR) is 80.5 cm³/mol. The van der Waals surface area contributed by atoms with Crippen molar-refractivity contribution in [1.29, 1.82) is 0 Å². The lowest BCUT2D eigenvalue weighted by Crippen LogP contribution is -2.43. The van der Waals surface area contributed by atoms with Crippen LogP contribution in [0.5, 0.6) is 0 Å². The van der Waals surface area contributed by atoms with Gasteiger partial charge in [0, 0.05) is 11.9 Å². The average Bonchev–Trinajstić information content (AvgIpc) is 3.08. The molecular formula is C14H21N3O3S. The van der Waals surface area contributed by atoms with Crippen molar-refractivity contribution < 1.29 is 14.7 Å². The smallest absolute Gasteiger partial charge is 0.355 e. The fraction of sp³-hybridized carbons (Fsp3) is 0.643. The van der Waals surface area contributed by atoms with E-state index < -0.39 is 5.97 Å². The number of carbonyl (C=O) groups excluding carboxylic acids is 1. The van der Waals surface area contributed by atoms with E-state index in [1.165, 1.54) is 16.7 Å². The molecule has 1 aliphatic rings. The Labute approximate surface area is 128 Å². The maximum atomic E-state index is 12.6. The number of carboxylic acid groups (broad SMARTS) is 1.